The number of benzene rings is 1. The highest BCUT2D eigenvalue weighted by Crippen LogP contribution is 2.24. The predicted octanol–water partition coefficient (Wildman–Crippen LogP) is 2.46. The molecule has 84 valence electrons. The molecule has 3 heteroatoms. The van der Waals surface area contributed by atoms with Crippen molar-refractivity contribution in [3.05, 3.63) is 23.8 Å². The fraction of sp³-hybridized carbons (Fsp3) is 0.500. The molecule has 1 rings (SSSR count). The highest BCUT2D eigenvalue weighted by molar-refractivity contribution is 5.40. The van der Waals surface area contributed by atoms with E-state index in [1.807, 2.05) is 0 Å². The van der Waals surface area contributed by atoms with E-state index >= 15 is 0 Å². The van der Waals surface area contributed by atoms with Gasteiger partial charge in [0, 0.05) is 6.61 Å². The van der Waals surface area contributed by atoms with Crippen LogP contribution in [0.3, 0.4) is 0 Å². The fourth-order valence-corrected chi connectivity index (χ4v) is 1.26. The lowest BCUT2D eigenvalue weighted by atomic mass is 10.1. The molecule has 2 N–H and O–H groups in total. The van der Waals surface area contributed by atoms with E-state index in [9.17, 15) is 5.11 Å². The number of aromatic hydroxyl groups is 2. The largest absolute Gasteiger partial charge is 0.504 e. The molecule has 15 heavy (non-hydrogen) atoms. The molecule has 0 aliphatic carbocycles. The lowest BCUT2D eigenvalue weighted by Crippen LogP contribution is -1.99. The maximum absolute atomic E-state index is 9.25. The maximum atomic E-state index is 9.25. The van der Waals surface area contributed by atoms with Crippen molar-refractivity contribution >= 4 is 0 Å². The van der Waals surface area contributed by atoms with E-state index < -0.39 is 0 Å². The van der Waals surface area contributed by atoms with Gasteiger partial charge in [0.05, 0.1) is 6.61 Å². The van der Waals surface area contributed by atoms with Crippen LogP contribution in [0.5, 0.6) is 11.5 Å². The van der Waals surface area contributed by atoms with Crippen molar-refractivity contribution in [2.24, 2.45) is 0 Å². The van der Waals surface area contributed by atoms with Crippen LogP contribution in [0.4, 0.5) is 0 Å². The minimum atomic E-state index is -0.0781. The van der Waals surface area contributed by atoms with Crippen LogP contribution in [0, 0.1) is 0 Å². The Morgan fingerprint density at radius 3 is 2.60 bits per heavy atom. The number of phenolic OH excluding ortho intramolecular Hbond substituents is 2. The first-order valence-electron chi connectivity index (χ1n) is 5.32. The van der Waals surface area contributed by atoms with Crippen LogP contribution < -0.4 is 0 Å². The molecule has 0 bridgehead atoms. The number of hydrogen-bond acceptors (Lipinski definition) is 3. The van der Waals surface area contributed by atoms with Gasteiger partial charge in [0.1, 0.15) is 0 Å². The van der Waals surface area contributed by atoms with E-state index in [1.54, 1.807) is 12.1 Å². The van der Waals surface area contributed by atoms with E-state index in [0.29, 0.717) is 6.61 Å². The van der Waals surface area contributed by atoms with Crippen LogP contribution in [0.2, 0.25) is 0 Å². The first kappa shape index (κ1) is 11.9. The minimum Gasteiger partial charge on any atom is -0.504 e. The Morgan fingerprint density at radius 2 is 1.93 bits per heavy atom. The van der Waals surface area contributed by atoms with Crippen molar-refractivity contribution in [2.75, 3.05) is 13.2 Å². The highest BCUT2D eigenvalue weighted by Gasteiger charge is 2.00. The standard InChI is InChI=1S/C12H18O3/c1-2-3-7-15-8-6-10-4-5-11(13)12(14)9-10/h4-5,9,13-14H,2-3,6-8H2,1H3. The van der Waals surface area contributed by atoms with Crippen molar-refractivity contribution in [2.45, 2.75) is 26.2 Å². The molecule has 0 atom stereocenters. The second-order valence-corrected chi connectivity index (χ2v) is 3.54. The van der Waals surface area contributed by atoms with E-state index in [4.69, 9.17) is 9.84 Å². The van der Waals surface area contributed by atoms with Gasteiger partial charge in [0.25, 0.3) is 0 Å². The predicted molar refractivity (Wildman–Crippen MR) is 59.2 cm³/mol. The summed E-state index contributed by atoms with van der Waals surface area (Å²) in [6.45, 7) is 3.58. The molecule has 0 aliphatic heterocycles. The van der Waals surface area contributed by atoms with E-state index in [0.717, 1.165) is 31.4 Å². The Hall–Kier alpha value is -1.22. The van der Waals surface area contributed by atoms with Crippen molar-refractivity contribution in [3.63, 3.8) is 0 Å². The third kappa shape index (κ3) is 4.21. The van der Waals surface area contributed by atoms with E-state index in [-0.39, 0.29) is 11.5 Å². The highest BCUT2D eigenvalue weighted by atomic mass is 16.5. The van der Waals surface area contributed by atoms with Gasteiger partial charge in [-0.3, -0.25) is 0 Å². The van der Waals surface area contributed by atoms with Crippen LogP contribution in [0.1, 0.15) is 25.3 Å². The van der Waals surface area contributed by atoms with E-state index in [1.165, 1.54) is 6.07 Å². The lowest BCUT2D eigenvalue weighted by Gasteiger charge is -2.04. The van der Waals surface area contributed by atoms with Crippen molar-refractivity contribution in [1.29, 1.82) is 0 Å². The second-order valence-electron chi connectivity index (χ2n) is 3.54. The molecule has 1 aromatic carbocycles. The summed E-state index contributed by atoms with van der Waals surface area (Å²) >= 11 is 0. The normalized spacial score (nSPS) is 10.5. The van der Waals surface area contributed by atoms with Crippen LogP contribution in [-0.4, -0.2) is 23.4 Å². The van der Waals surface area contributed by atoms with Gasteiger partial charge in [-0.2, -0.15) is 0 Å². The van der Waals surface area contributed by atoms with Crippen LogP contribution in [0.15, 0.2) is 18.2 Å². The average molecular weight is 210 g/mol. The molecule has 0 saturated carbocycles. The van der Waals surface area contributed by atoms with Gasteiger partial charge in [-0.15, -0.1) is 0 Å². The zero-order valence-electron chi connectivity index (χ0n) is 9.07. The summed E-state index contributed by atoms with van der Waals surface area (Å²) in [5.74, 6) is -0.147. The molecule has 0 radical (unpaired) electrons. The molecule has 0 amide bonds. The molecule has 1 aromatic rings. The molecule has 0 saturated heterocycles. The smallest absolute Gasteiger partial charge is 0.157 e. The molecule has 0 heterocycles. The van der Waals surface area contributed by atoms with Gasteiger partial charge < -0.3 is 14.9 Å². The van der Waals surface area contributed by atoms with Crippen LogP contribution >= 0.6 is 0 Å². The maximum Gasteiger partial charge on any atom is 0.157 e. The number of hydrogen-bond donors (Lipinski definition) is 2. The molecule has 0 aliphatic rings. The molecular weight excluding hydrogens is 192 g/mol. The summed E-state index contributed by atoms with van der Waals surface area (Å²) < 4.78 is 5.40. The Morgan fingerprint density at radius 1 is 1.13 bits per heavy atom. The molecular formula is C12H18O3. The zero-order chi connectivity index (χ0) is 11.1. The topological polar surface area (TPSA) is 49.7 Å². The molecule has 0 fully saturated rings. The average Bonchev–Trinajstić information content (AvgIpc) is 2.23. The Labute approximate surface area is 90.3 Å². The second kappa shape index (κ2) is 6.30. The minimum absolute atomic E-state index is 0.0685. The summed E-state index contributed by atoms with van der Waals surface area (Å²) in [5, 5.41) is 18.4. The van der Waals surface area contributed by atoms with Gasteiger partial charge in [0.15, 0.2) is 11.5 Å². The molecule has 0 unspecified atom stereocenters. The van der Waals surface area contributed by atoms with Gasteiger partial charge in [-0.25, -0.2) is 0 Å². The third-order valence-corrected chi connectivity index (χ3v) is 2.22. The number of phenols is 2. The van der Waals surface area contributed by atoms with Crippen LogP contribution in [-0.2, 0) is 11.2 Å². The fourth-order valence-electron chi connectivity index (χ4n) is 1.26. The number of ether oxygens (including phenoxy) is 1. The Kier molecular flexibility index (Phi) is 4.98. The number of unbranched alkanes of at least 4 members (excludes halogenated alkanes) is 1. The summed E-state index contributed by atoms with van der Waals surface area (Å²) in [7, 11) is 0. The monoisotopic (exact) mass is 210 g/mol. The van der Waals surface area contributed by atoms with Gasteiger partial charge in [-0.05, 0) is 30.5 Å². The first-order chi connectivity index (χ1) is 7.24. The van der Waals surface area contributed by atoms with Crippen molar-refractivity contribution < 1.29 is 14.9 Å². The summed E-state index contributed by atoms with van der Waals surface area (Å²) in [6, 6.07) is 4.85. The number of rotatable bonds is 6. The summed E-state index contributed by atoms with van der Waals surface area (Å²) in [4.78, 5) is 0. The van der Waals surface area contributed by atoms with Gasteiger partial charge >= 0.3 is 0 Å². The summed E-state index contributed by atoms with van der Waals surface area (Å²) in [5.41, 5.74) is 0.974. The Balaban J connectivity index is 2.28. The first-order valence-corrected chi connectivity index (χ1v) is 5.32. The Bertz CT molecular complexity index is 297. The third-order valence-electron chi connectivity index (χ3n) is 2.22. The lowest BCUT2D eigenvalue weighted by molar-refractivity contribution is 0.134. The quantitative estimate of drug-likeness (QED) is 0.560. The van der Waals surface area contributed by atoms with Gasteiger partial charge in [-0.1, -0.05) is 19.4 Å². The summed E-state index contributed by atoms with van der Waals surface area (Å²) in [6.07, 6.45) is 2.98. The zero-order valence-corrected chi connectivity index (χ0v) is 9.07. The molecule has 0 aromatic heterocycles. The van der Waals surface area contributed by atoms with E-state index in [2.05, 4.69) is 6.92 Å². The molecule has 0 spiro atoms. The molecule has 3 nitrogen and oxygen atoms in total. The van der Waals surface area contributed by atoms with Crippen LogP contribution in [0.25, 0.3) is 0 Å². The van der Waals surface area contributed by atoms with Gasteiger partial charge in [0.2, 0.25) is 0 Å². The SMILES string of the molecule is CCCCOCCc1ccc(O)c(O)c1. The van der Waals surface area contributed by atoms with Crippen molar-refractivity contribution in [1.82, 2.24) is 0 Å². The van der Waals surface area contributed by atoms with Crippen molar-refractivity contribution in [3.8, 4) is 11.5 Å².